The minimum atomic E-state index is -4.00. The van der Waals surface area contributed by atoms with Gasteiger partial charge in [-0.05, 0) is 43.5 Å². The zero-order valence-corrected chi connectivity index (χ0v) is 20.6. The van der Waals surface area contributed by atoms with Crippen LogP contribution in [0, 0.1) is 6.92 Å². The molecular weight excluding hydrogens is 454 g/mol. The van der Waals surface area contributed by atoms with Gasteiger partial charge in [-0.3, -0.25) is 14.4 Å². The SMILES string of the molecule is CCCCNC(=O)[C@H](C)N(Cc1ccccc1C)C(=O)CCN1C(=O)c2ccccc2S1(=O)=O. The predicted molar refractivity (Wildman–Crippen MR) is 128 cm³/mol. The first-order valence-electron chi connectivity index (χ1n) is 11.5. The van der Waals surface area contributed by atoms with Crippen LogP contribution < -0.4 is 5.32 Å². The molecule has 9 heteroatoms. The molecule has 34 heavy (non-hydrogen) atoms. The molecule has 0 unspecified atom stereocenters. The summed E-state index contributed by atoms with van der Waals surface area (Å²) in [4.78, 5) is 40.1. The van der Waals surface area contributed by atoms with Crippen molar-refractivity contribution in [3.05, 3.63) is 65.2 Å². The highest BCUT2D eigenvalue weighted by Gasteiger charge is 2.41. The average molecular weight is 486 g/mol. The second-order valence-electron chi connectivity index (χ2n) is 8.40. The van der Waals surface area contributed by atoms with Gasteiger partial charge < -0.3 is 10.2 Å². The maximum atomic E-state index is 13.3. The number of carbonyl (C=O) groups is 3. The minimum Gasteiger partial charge on any atom is -0.354 e. The molecule has 2 aromatic rings. The fourth-order valence-corrected chi connectivity index (χ4v) is 5.45. The van der Waals surface area contributed by atoms with Gasteiger partial charge in [-0.2, -0.15) is 0 Å². The summed E-state index contributed by atoms with van der Waals surface area (Å²) in [6.45, 7) is 6.04. The minimum absolute atomic E-state index is 0.0483. The van der Waals surface area contributed by atoms with Crippen molar-refractivity contribution in [2.75, 3.05) is 13.1 Å². The maximum Gasteiger partial charge on any atom is 0.269 e. The molecule has 8 nitrogen and oxygen atoms in total. The Morgan fingerprint density at radius 3 is 2.44 bits per heavy atom. The van der Waals surface area contributed by atoms with E-state index in [0.29, 0.717) is 6.54 Å². The van der Waals surface area contributed by atoms with Gasteiger partial charge in [0.1, 0.15) is 10.9 Å². The second kappa shape index (κ2) is 10.8. The summed E-state index contributed by atoms with van der Waals surface area (Å²) < 4.78 is 26.4. The van der Waals surface area contributed by atoms with Crippen molar-refractivity contribution < 1.29 is 22.8 Å². The van der Waals surface area contributed by atoms with Crippen molar-refractivity contribution in [3.63, 3.8) is 0 Å². The van der Waals surface area contributed by atoms with Crippen molar-refractivity contribution in [3.8, 4) is 0 Å². The fraction of sp³-hybridized carbons (Fsp3) is 0.400. The largest absolute Gasteiger partial charge is 0.354 e. The van der Waals surface area contributed by atoms with E-state index in [4.69, 9.17) is 0 Å². The van der Waals surface area contributed by atoms with Gasteiger partial charge in [0.05, 0.1) is 5.56 Å². The molecular formula is C25H31N3O5S. The quantitative estimate of drug-likeness (QED) is 0.521. The number of aryl methyl sites for hydroxylation is 1. The van der Waals surface area contributed by atoms with Crippen LogP contribution in [-0.4, -0.2) is 54.5 Å². The molecule has 0 fully saturated rings. The van der Waals surface area contributed by atoms with Crippen LogP contribution in [0.1, 0.15) is 54.6 Å². The maximum absolute atomic E-state index is 13.3. The lowest BCUT2D eigenvalue weighted by atomic mass is 10.1. The number of hydrogen-bond donors (Lipinski definition) is 1. The molecule has 1 aliphatic heterocycles. The molecule has 0 aliphatic carbocycles. The summed E-state index contributed by atoms with van der Waals surface area (Å²) in [7, 11) is -4.00. The number of rotatable bonds is 10. The van der Waals surface area contributed by atoms with Crippen molar-refractivity contribution >= 4 is 27.7 Å². The number of fused-ring (bicyclic) bond motifs is 1. The zero-order chi connectivity index (χ0) is 24.9. The van der Waals surface area contributed by atoms with Gasteiger partial charge in [0.25, 0.3) is 15.9 Å². The van der Waals surface area contributed by atoms with Crippen LogP contribution in [0.5, 0.6) is 0 Å². The molecule has 1 atom stereocenters. The first-order chi connectivity index (χ1) is 16.2. The lowest BCUT2D eigenvalue weighted by Gasteiger charge is -2.30. The smallest absolute Gasteiger partial charge is 0.269 e. The fourth-order valence-electron chi connectivity index (χ4n) is 3.88. The Morgan fingerprint density at radius 2 is 1.76 bits per heavy atom. The normalized spacial score (nSPS) is 15.0. The number of unbranched alkanes of at least 4 members (excludes halogenated alkanes) is 1. The third kappa shape index (κ3) is 5.30. The van der Waals surface area contributed by atoms with Crippen molar-refractivity contribution in [2.45, 2.75) is 57.5 Å². The van der Waals surface area contributed by atoms with Gasteiger partial charge in [0.15, 0.2) is 0 Å². The molecule has 1 N–H and O–H groups in total. The third-order valence-electron chi connectivity index (χ3n) is 6.04. The van der Waals surface area contributed by atoms with Crippen molar-refractivity contribution in [2.24, 2.45) is 0 Å². The molecule has 1 heterocycles. The molecule has 1 aliphatic rings. The van der Waals surface area contributed by atoms with E-state index in [1.807, 2.05) is 38.1 Å². The van der Waals surface area contributed by atoms with E-state index >= 15 is 0 Å². The Kier molecular flexibility index (Phi) is 8.09. The van der Waals surface area contributed by atoms with Crippen LogP contribution >= 0.6 is 0 Å². The molecule has 0 bridgehead atoms. The van der Waals surface area contributed by atoms with E-state index in [1.165, 1.54) is 17.0 Å². The van der Waals surface area contributed by atoms with E-state index in [2.05, 4.69) is 5.32 Å². The van der Waals surface area contributed by atoms with Crippen molar-refractivity contribution in [1.82, 2.24) is 14.5 Å². The van der Waals surface area contributed by atoms with Gasteiger partial charge in [-0.1, -0.05) is 49.7 Å². The van der Waals surface area contributed by atoms with Crippen LogP contribution in [-0.2, 0) is 26.2 Å². The van der Waals surface area contributed by atoms with Crippen LogP contribution in [0.15, 0.2) is 53.4 Å². The molecule has 0 spiro atoms. The first-order valence-corrected chi connectivity index (χ1v) is 12.9. The van der Waals surface area contributed by atoms with Gasteiger partial charge in [0.2, 0.25) is 11.8 Å². The Balaban J connectivity index is 1.78. The highest BCUT2D eigenvalue weighted by Crippen LogP contribution is 2.30. The van der Waals surface area contributed by atoms with Crippen LogP contribution in [0.4, 0.5) is 0 Å². The molecule has 182 valence electrons. The summed E-state index contributed by atoms with van der Waals surface area (Å²) in [5.74, 6) is -1.31. The lowest BCUT2D eigenvalue weighted by Crippen LogP contribution is -2.48. The topological polar surface area (TPSA) is 104 Å². The van der Waals surface area contributed by atoms with Crippen LogP contribution in [0.2, 0.25) is 0 Å². The molecule has 0 saturated heterocycles. The summed E-state index contributed by atoms with van der Waals surface area (Å²) in [5, 5.41) is 2.86. The Bertz CT molecular complexity index is 1180. The van der Waals surface area contributed by atoms with Crippen LogP contribution in [0.3, 0.4) is 0 Å². The number of nitrogens with zero attached hydrogens (tertiary/aromatic N) is 2. The predicted octanol–water partition coefficient (Wildman–Crippen LogP) is 2.86. The number of hydrogen-bond acceptors (Lipinski definition) is 5. The summed E-state index contributed by atoms with van der Waals surface area (Å²) >= 11 is 0. The summed E-state index contributed by atoms with van der Waals surface area (Å²) in [6.07, 6.45) is 1.54. The molecule has 0 aromatic heterocycles. The Hall–Kier alpha value is -3.20. The highest BCUT2D eigenvalue weighted by molar-refractivity contribution is 7.90. The number of amides is 3. The summed E-state index contributed by atoms with van der Waals surface area (Å²) in [5.41, 5.74) is 1.98. The standard InChI is InChI=1S/C25H31N3O5S/c1-4-5-15-26-24(30)19(3)27(17-20-11-7-6-10-18(20)2)23(29)14-16-28-25(31)21-12-8-9-13-22(21)34(28,32)33/h6-13,19H,4-5,14-17H2,1-3H3,(H,26,30)/t19-/m0/s1. The number of nitrogens with one attached hydrogen (secondary N) is 1. The molecule has 0 saturated carbocycles. The third-order valence-corrected chi connectivity index (χ3v) is 7.88. The Morgan fingerprint density at radius 1 is 1.09 bits per heavy atom. The molecule has 0 radical (unpaired) electrons. The van der Waals surface area contributed by atoms with Gasteiger partial charge in [-0.15, -0.1) is 0 Å². The number of benzene rings is 2. The Labute approximate surface area is 201 Å². The first kappa shape index (κ1) is 25.4. The van der Waals surface area contributed by atoms with Gasteiger partial charge in [-0.25, -0.2) is 12.7 Å². The zero-order valence-electron chi connectivity index (χ0n) is 19.8. The second-order valence-corrected chi connectivity index (χ2v) is 10.2. The number of sulfonamides is 1. The van der Waals surface area contributed by atoms with E-state index in [0.717, 1.165) is 28.3 Å². The van der Waals surface area contributed by atoms with Gasteiger partial charge in [0, 0.05) is 26.1 Å². The molecule has 3 amide bonds. The van der Waals surface area contributed by atoms with Crippen molar-refractivity contribution in [1.29, 1.82) is 0 Å². The average Bonchev–Trinajstić information content (AvgIpc) is 3.01. The molecule has 3 rings (SSSR count). The monoisotopic (exact) mass is 485 g/mol. The van der Waals surface area contributed by atoms with E-state index < -0.39 is 27.9 Å². The van der Waals surface area contributed by atoms with E-state index in [9.17, 15) is 22.8 Å². The van der Waals surface area contributed by atoms with Crippen LogP contribution in [0.25, 0.3) is 0 Å². The van der Waals surface area contributed by atoms with E-state index in [-0.39, 0.29) is 35.9 Å². The van der Waals surface area contributed by atoms with Gasteiger partial charge >= 0.3 is 0 Å². The molecule has 2 aromatic carbocycles. The highest BCUT2D eigenvalue weighted by atomic mass is 32.2. The lowest BCUT2D eigenvalue weighted by molar-refractivity contribution is -0.140. The van der Waals surface area contributed by atoms with E-state index in [1.54, 1.807) is 19.1 Å². The summed E-state index contributed by atoms with van der Waals surface area (Å²) in [6, 6.07) is 12.8. The number of carbonyl (C=O) groups excluding carboxylic acids is 3.